The fraction of sp³-hybridized carbons (Fsp3) is 0.538. The largest absolute Gasteiger partial charge is 0.351 e. The first-order valence-corrected chi connectivity index (χ1v) is 13.1. The van der Waals surface area contributed by atoms with Crippen molar-refractivity contribution in [3.05, 3.63) is 35.0 Å². The number of nitrogens with zero attached hydrogens (tertiary/aromatic N) is 2. The van der Waals surface area contributed by atoms with Crippen LogP contribution in [0.1, 0.15) is 42.6 Å². The van der Waals surface area contributed by atoms with E-state index in [1.807, 2.05) is 7.05 Å². The Kier molecular flexibility index (Phi) is 10.0. The number of hydrogen-bond donors (Lipinski definition) is 4. The number of piperidine rings is 1. The first-order valence-electron chi connectivity index (χ1n) is 12.7. The Morgan fingerprint density at radius 3 is 2.32 bits per heavy atom. The fourth-order valence-electron chi connectivity index (χ4n) is 5.20. The summed E-state index contributed by atoms with van der Waals surface area (Å²) in [5.41, 5.74) is 1.15. The highest BCUT2D eigenvalue weighted by molar-refractivity contribution is 6.35. The third kappa shape index (κ3) is 7.18. The lowest BCUT2D eigenvalue weighted by Gasteiger charge is -2.37. The highest BCUT2D eigenvalue weighted by Gasteiger charge is 2.37. The van der Waals surface area contributed by atoms with Crippen molar-refractivity contribution in [3.63, 3.8) is 0 Å². The van der Waals surface area contributed by atoms with E-state index < -0.39 is 23.9 Å². The number of benzene rings is 1. The SMILES string of the molecule is CN1CCC(NC(=O)C(=O)N[C@@H]2C[C@@H](C(=O)N(C)C)CC[C@H]2NC(=O)c2cc3cc(Cl)ccc3[nH]2)CC1.Cl. The van der Waals surface area contributed by atoms with Crippen LogP contribution in [-0.2, 0) is 14.4 Å². The first-order chi connectivity index (χ1) is 17.6. The van der Waals surface area contributed by atoms with Gasteiger partial charge in [-0.15, -0.1) is 12.4 Å². The Bertz CT molecular complexity index is 1180. The van der Waals surface area contributed by atoms with Gasteiger partial charge in [0.25, 0.3) is 5.91 Å². The van der Waals surface area contributed by atoms with Gasteiger partial charge in [-0.3, -0.25) is 19.2 Å². The van der Waals surface area contributed by atoms with Crippen LogP contribution in [0.2, 0.25) is 5.02 Å². The molecule has 4 amide bonds. The Hall–Kier alpha value is -2.82. The van der Waals surface area contributed by atoms with Gasteiger partial charge in [0.05, 0.1) is 6.04 Å². The maximum atomic E-state index is 13.1. The molecule has 0 spiro atoms. The van der Waals surface area contributed by atoms with Gasteiger partial charge in [-0.05, 0) is 76.5 Å². The van der Waals surface area contributed by atoms with Gasteiger partial charge in [0, 0.05) is 48.0 Å². The Morgan fingerprint density at radius 2 is 1.63 bits per heavy atom. The lowest BCUT2D eigenvalue weighted by Crippen LogP contribution is -2.58. The summed E-state index contributed by atoms with van der Waals surface area (Å²) in [5.74, 6) is -2.10. The molecule has 1 saturated carbocycles. The van der Waals surface area contributed by atoms with E-state index >= 15 is 0 Å². The summed E-state index contributed by atoms with van der Waals surface area (Å²) in [5, 5.41) is 10.0. The maximum Gasteiger partial charge on any atom is 0.309 e. The van der Waals surface area contributed by atoms with Crippen LogP contribution in [0.4, 0.5) is 0 Å². The minimum absolute atomic E-state index is 0. The monoisotopic (exact) mass is 566 g/mol. The maximum absolute atomic E-state index is 13.1. The van der Waals surface area contributed by atoms with Crippen molar-refractivity contribution in [2.45, 2.75) is 50.2 Å². The van der Waals surface area contributed by atoms with E-state index in [0.29, 0.717) is 30.0 Å². The molecule has 1 saturated heterocycles. The molecule has 2 aliphatic rings. The Balaban J connectivity index is 0.00000400. The van der Waals surface area contributed by atoms with Gasteiger partial charge < -0.3 is 30.7 Å². The molecule has 1 aromatic heterocycles. The van der Waals surface area contributed by atoms with Crippen molar-refractivity contribution in [1.29, 1.82) is 0 Å². The number of hydrogen-bond acceptors (Lipinski definition) is 5. The van der Waals surface area contributed by atoms with Gasteiger partial charge in [-0.1, -0.05) is 11.6 Å². The zero-order valence-electron chi connectivity index (χ0n) is 21.9. The number of rotatable bonds is 5. The van der Waals surface area contributed by atoms with Crippen LogP contribution < -0.4 is 16.0 Å². The van der Waals surface area contributed by atoms with Crippen LogP contribution in [-0.4, -0.2) is 90.8 Å². The zero-order chi connectivity index (χ0) is 26.7. The average molecular weight is 568 g/mol. The second-order valence-electron chi connectivity index (χ2n) is 10.4. The topological polar surface area (TPSA) is 127 Å². The van der Waals surface area contributed by atoms with Crippen LogP contribution in [0, 0.1) is 5.92 Å². The Labute approximate surface area is 233 Å². The van der Waals surface area contributed by atoms with Crippen LogP contribution in [0.15, 0.2) is 24.3 Å². The normalized spacial score (nSPS) is 22.3. The van der Waals surface area contributed by atoms with Gasteiger partial charge in [0.1, 0.15) is 5.69 Å². The highest BCUT2D eigenvalue weighted by Crippen LogP contribution is 2.27. The number of aromatic nitrogens is 1. The third-order valence-electron chi connectivity index (χ3n) is 7.36. The quantitative estimate of drug-likeness (QED) is 0.411. The number of nitrogens with one attached hydrogen (secondary N) is 4. The van der Waals surface area contributed by atoms with Crippen LogP contribution in [0.25, 0.3) is 10.9 Å². The lowest BCUT2D eigenvalue weighted by atomic mass is 9.81. The van der Waals surface area contributed by atoms with Crippen molar-refractivity contribution in [3.8, 4) is 0 Å². The molecule has 2 fully saturated rings. The summed E-state index contributed by atoms with van der Waals surface area (Å²) in [6.07, 6.45) is 2.96. The third-order valence-corrected chi connectivity index (χ3v) is 7.60. The molecule has 0 unspecified atom stereocenters. The number of H-pyrrole nitrogens is 1. The van der Waals surface area contributed by atoms with Crippen LogP contribution in [0.3, 0.4) is 0 Å². The van der Waals surface area contributed by atoms with E-state index in [-0.39, 0.29) is 36.2 Å². The minimum atomic E-state index is -0.749. The molecule has 10 nitrogen and oxygen atoms in total. The number of halogens is 2. The van der Waals surface area contributed by atoms with E-state index in [2.05, 4.69) is 25.8 Å². The van der Waals surface area contributed by atoms with Gasteiger partial charge >= 0.3 is 11.8 Å². The molecule has 12 heteroatoms. The van der Waals surface area contributed by atoms with Crippen molar-refractivity contribution in [2.24, 2.45) is 5.92 Å². The van der Waals surface area contributed by atoms with E-state index in [4.69, 9.17) is 11.6 Å². The number of carbonyl (C=O) groups excluding carboxylic acids is 4. The predicted molar refractivity (Wildman–Crippen MR) is 148 cm³/mol. The zero-order valence-corrected chi connectivity index (χ0v) is 23.5. The fourth-order valence-corrected chi connectivity index (χ4v) is 5.38. The number of likely N-dealkylation sites (tertiary alicyclic amines) is 1. The second kappa shape index (κ2) is 12.8. The molecule has 4 N–H and O–H groups in total. The molecule has 2 aromatic rings. The molecule has 0 radical (unpaired) electrons. The summed E-state index contributed by atoms with van der Waals surface area (Å²) in [7, 11) is 5.42. The lowest BCUT2D eigenvalue weighted by molar-refractivity contribution is -0.141. The van der Waals surface area contributed by atoms with Crippen molar-refractivity contribution < 1.29 is 19.2 Å². The highest BCUT2D eigenvalue weighted by atomic mass is 35.5. The van der Waals surface area contributed by atoms with Crippen molar-refractivity contribution in [1.82, 2.24) is 30.7 Å². The second-order valence-corrected chi connectivity index (χ2v) is 10.8. The van der Waals surface area contributed by atoms with E-state index in [0.717, 1.165) is 36.8 Å². The standard InChI is InChI=1S/C26H35ClN6O4.ClH/c1-32(2)26(37)15-4-6-20(30-23(34)22-14-16-12-17(27)5-7-19(16)29-22)21(13-15)31-25(36)24(35)28-18-8-10-33(3)11-9-18;/h5,7,12,14-15,18,20-21,29H,4,6,8-11,13H2,1-3H3,(H,28,35)(H,30,34)(H,31,36);1H/t15-,20+,21+;/m0./s1. The van der Waals surface area contributed by atoms with Gasteiger partial charge in [-0.2, -0.15) is 0 Å². The number of fused-ring (bicyclic) bond motifs is 1. The summed E-state index contributed by atoms with van der Waals surface area (Å²) < 4.78 is 0. The van der Waals surface area contributed by atoms with Crippen molar-refractivity contribution >= 4 is 58.5 Å². The molecule has 1 aliphatic heterocycles. The van der Waals surface area contributed by atoms with Gasteiger partial charge in [-0.25, -0.2) is 0 Å². The molecule has 208 valence electrons. The number of carbonyl (C=O) groups is 4. The average Bonchev–Trinajstić information content (AvgIpc) is 3.29. The van der Waals surface area contributed by atoms with E-state index in [1.54, 1.807) is 38.4 Å². The predicted octanol–water partition coefficient (Wildman–Crippen LogP) is 1.93. The summed E-state index contributed by atoms with van der Waals surface area (Å²) in [4.78, 5) is 58.1. The molecule has 4 rings (SSSR count). The van der Waals surface area contributed by atoms with Crippen molar-refractivity contribution in [2.75, 3.05) is 34.2 Å². The molecule has 2 heterocycles. The molecular weight excluding hydrogens is 531 g/mol. The smallest absolute Gasteiger partial charge is 0.309 e. The van der Waals surface area contributed by atoms with E-state index in [9.17, 15) is 19.2 Å². The summed E-state index contributed by atoms with van der Waals surface area (Å²) in [6, 6.07) is 5.99. The van der Waals surface area contributed by atoms with Crippen LogP contribution >= 0.6 is 24.0 Å². The first kappa shape index (κ1) is 29.7. The molecule has 1 aliphatic carbocycles. The molecule has 0 bridgehead atoms. The number of aromatic amines is 1. The molecule has 1 aromatic carbocycles. The van der Waals surface area contributed by atoms with Gasteiger partial charge in [0.2, 0.25) is 5.91 Å². The van der Waals surface area contributed by atoms with Crippen LogP contribution in [0.5, 0.6) is 0 Å². The molecule has 38 heavy (non-hydrogen) atoms. The number of amides is 4. The van der Waals surface area contributed by atoms with Gasteiger partial charge in [0.15, 0.2) is 0 Å². The molecule has 3 atom stereocenters. The van der Waals surface area contributed by atoms with E-state index in [1.165, 1.54) is 4.90 Å². The molecular formula is C26H36Cl2N6O4. The minimum Gasteiger partial charge on any atom is -0.351 e. The summed E-state index contributed by atoms with van der Waals surface area (Å²) >= 11 is 6.07. The Morgan fingerprint density at radius 1 is 0.947 bits per heavy atom. The summed E-state index contributed by atoms with van der Waals surface area (Å²) in [6.45, 7) is 1.72.